The SMILES string of the molecule is CC(=O)N1C[C@@H](C(=O)NCc2ccccc2C[NH+]2CCCC2)Oc2ccccc21. The molecule has 2 aromatic carbocycles. The van der Waals surface area contributed by atoms with Crippen LogP contribution in [0.4, 0.5) is 5.69 Å². The molecule has 6 heteroatoms. The first-order chi connectivity index (χ1) is 14.1. The number of likely N-dealkylation sites (tertiary alicyclic amines) is 1. The minimum atomic E-state index is -0.717. The van der Waals surface area contributed by atoms with Gasteiger partial charge in [-0.25, -0.2) is 0 Å². The number of rotatable bonds is 5. The summed E-state index contributed by atoms with van der Waals surface area (Å²) in [6.07, 6.45) is 1.87. The molecule has 1 atom stereocenters. The van der Waals surface area contributed by atoms with Crippen LogP contribution in [0.2, 0.25) is 0 Å². The summed E-state index contributed by atoms with van der Waals surface area (Å²) in [5, 5.41) is 3.01. The summed E-state index contributed by atoms with van der Waals surface area (Å²) in [4.78, 5) is 28.1. The van der Waals surface area contributed by atoms with Crippen molar-refractivity contribution < 1.29 is 19.2 Å². The average Bonchev–Trinajstić information content (AvgIpc) is 3.25. The number of amides is 2. The summed E-state index contributed by atoms with van der Waals surface area (Å²) >= 11 is 0. The molecule has 6 nitrogen and oxygen atoms in total. The first-order valence-electron chi connectivity index (χ1n) is 10.3. The van der Waals surface area contributed by atoms with E-state index >= 15 is 0 Å². The predicted molar refractivity (Wildman–Crippen MR) is 111 cm³/mol. The van der Waals surface area contributed by atoms with Gasteiger partial charge in [0.1, 0.15) is 12.3 Å². The van der Waals surface area contributed by atoms with E-state index in [9.17, 15) is 9.59 Å². The fourth-order valence-electron chi connectivity index (χ4n) is 4.19. The Bertz CT molecular complexity index is 892. The third-order valence-electron chi connectivity index (χ3n) is 5.77. The lowest BCUT2D eigenvalue weighted by Gasteiger charge is -2.33. The topological polar surface area (TPSA) is 63.1 Å². The number of nitrogens with zero attached hydrogens (tertiary/aromatic N) is 1. The second-order valence-electron chi connectivity index (χ2n) is 7.82. The highest BCUT2D eigenvalue weighted by Crippen LogP contribution is 2.33. The number of ether oxygens (including phenoxy) is 1. The van der Waals surface area contributed by atoms with Crippen LogP contribution in [-0.4, -0.2) is 37.6 Å². The number of carbonyl (C=O) groups is 2. The van der Waals surface area contributed by atoms with Crippen molar-refractivity contribution in [3.8, 4) is 5.75 Å². The van der Waals surface area contributed by atoms with E-state index in [1.165, 1.54) is 38.4 Å². The number of benzene rings is 2. The second-order valence-corrected chi connectivity index (χ2v) is 7.82. The second kappa shape index (κ2) is 8.66. The third-order valence-corrected chi connectivity index (χ3v) is 5.77. The zero-order valence-electron chi connectivity index (χ0n) is 16.8. The van der Waals surface area contributed by atoms with E-state index in [-0.39, 0.29) is 18.4 Å². The molecule has 0 radical (unpaired) electrons. The van der Waals surface area contributed by atoms with Gasteiger partial charge in [-0.15, -0.1) is 0 Å². The quantitative estimate of drug-likeness (QED) is 0.804. The number of hydrogen-bond acceptors (Lipinski definition) is 3. The van der Waals surface area contributed by atoms with Gasteiger partial charge in [0.25, 0.3) is 5.91 Å². The molecular weight excluding hydrogens is 366 g/mol. The molecular formula is C23H28N3O3+. The summed E-state index contributed by atoms with van der Waals surface area (Å²) in [7, 11) is 0. The lowest BCUT2D eigenvalue weighted by molar-refractivity contribution is -0.901. The Morgan fingerprint density at radius 3 is 2.52 bits per heavy atom. The Balaban J connectivity index is 1.42. The molecule has 1 saturated heterocycles. The van der Waals surface area contributed by atoms with Crippen LogP contribution in [0.3, 0.4) is 0 Å². The zero-order chi connectivity index (χ0) is 20.2. The molecule has 2 amide bonds. The van der Waals surface area contributed by atoms with Gasteiger partial charge in [-0.1, -0.05) is 36.4 Å². The number of quaternary nitrogens is 1. The Hall–Kier alpha value is -2.86. The fraction of sp³-hybridized carbons (Fsp3) is 0.391. The van der Waals surface area contributed by atoms with Crippen molar-refractivity contribution in [2.75, 3.05) is 24.5 Å². The summed E-state index contributed by atoms with van der Waals surface area (Å²) in [5.74, 6) is 0.263. The molecule has 2 aliphatic heterocycles. The molecule has 1 fully saturated rings. The number of hydrogen-bond donors (Lipinski definition) is 2. The van der Waals surface area contributed by atoms with Crippen LogP contribution in [0.25, 0.3) is 0 Å². The molecule has 0 bridgehead atoms. The van der Waals surface area contributed by atoms with Gasteiger partial charge in [-0.2, -0.15) is 0 Å². The molecule has 29 heavy (non-hydrogen) atoms. The zero-order valence-corrected chi connectivity index (χ0v) is 16.8. The molecule has 152 valence electrons. The van der Waals surface area contributed by atoms with E-state index in [0.29, 0.717) is 18.0 Å². The standard InChI is InChI=1S/C23H27N3O3/c1-17(27)26-16-22(29-21-11-5-4-10-20(21)26)23(28)24-14-18-8-2-3-9-19(18)15-25-12-6-7-13-25/h2-5,8-11,22H,6-7,12-16H2,1H3,(H,24,28)/p+1/t22-/m0/s1. The van der Waals surface area contributed by atoms with Crippen molar-refractivity contribution in [1.29, 1.82) is 0 Å². The Morgan fingerprint density at radius 1 is 1.07 bits per heavy atom. The van der Waals surface area contributed by atoms with Crippen LogP contribution in [0.15, 0.2) is 48.5 Å². The monoisotopic (exact) mass is 394 g/mol. The molecule has 0 aliphatic carbocycles. The predicted octanol–water partition coefficient (Wildman–Crippen LogP) is 1.30. The van der Waals surface area contributed by atoms with Crippen molar-refractivity contribution >= 4 is 17.5 Å². The molecule has 0 spiro atoms. The molecule has 2 aromatic rings. The largest absolute Gasteiger partial charge is 0.477 e. The van der Waals surface area contributed by atoms with Crippen LogP contribution in [-0.2, 0) is 22.7 Å². The molecule has 4 rings (SSSR count). The van der Waals surface area contributed by atoms with Crippen LogP contribution < -0.4 is 19.9 Å². The van der Waals surface area contributed by atoms with Gasteiger partial charge in [0.05, 0.1) is 25.3 Å². The van der Waals surface area contributed by atoms with Gasteiger partial charge < -0.3 is 19.9 Å². The molecule has 0 saturated carbocycles. The van der Waals surface area contributed by atoms with Gasteiger partial charge in [-0.05, 0) is 17.7 Å². The minimum Gasteiger partial charge on any atom is -0.477 e. The van der Waals surface area contributed by atoms with Crippen molar-refractivity contribution in [2.24, 2.45) is 0 Å². The number of fused-ring (bicyclic) bond motifs is 1. The lowest BCUT2D eigenvalue weighted by Crippen LogP contribution is -3.08. The maximum atomic E-state index is 12.8. The highest BCUT2D eigenvalue weighted by atomic mass is 16.5. The molecule has 2 aliphatic rings. The summed E-state index contributed by atoms with van der Waals surface area (Å²) in [6, 6.07) is 15.6. The van der Waals surface area contributed by atoms with Crippen molar-refractivity contribution in [1.82, 2.24) is 5.32 Å². The van der Waals surface area contributed by atoms with Crippen molar-refractivity contribution in [2.45, 2.75) is 39.0 Å². The van der Waals surface area contributed by atoms with Gasteiger partial charge in [-0.3, -0.25) is 9.59 Å². The molecule has 0 unspecified atom stereocenters. The van der Waals surface area contributed by atoms with Gasteiger partial charge in [0, 0.05) is 31.9 Å². The van der Waals surface area contributed by atoms with E-state index in [1.807, 2.05) is 24.3 Å². The first kappa shape index (κ1) is 19.5. The number of carbonyl (C=O) groups excluding carboxylic acids is 2. The first-order valence-corrected chi connectivity index (χ1v) is 10.3. The van der Waals surface area contributed by atoms with Crippen LogP contribution in [0.1, 0.15) is 30.9 Å². The Labute approximate surface area is 171 Å². The van der Waals surface area contributed by atoms with Gasteiger partial charge in [0.15, 0.2) is 6.10 Å². The lowest BCUT2D eigenvalue weighted by atomic mass is 10.1. The van der Waals surface area contributed by atoms with E-state index in [0.717, 1.165) is 12.1 Å². The van der Waals surface area contributed by atoms with Gasteiger partial charge >= 0.3 is 0 Å². The fourth-order valence-corrected chi connectivity index (χ4v) is 4.19. The molecule has 0 aromatic heterocycles. The average molecular weight is 394 g/mol. The van der Waals surface area contributed by atoms with E-state index in [4.69, 9.17) is 4.74 Å². The highest BCUT2D eigenvalue weighted by Gasteiger charge is 2.32. The van der Waals surface area contributed by atoms with Crippen molar-refractivity contribution in [3.05, 3.63) is 59.7 Å². The Morgan fingerprint density at radius 2 is 1.76 bits per heavy atom. The maximum Gasteiger partial charge on any atom is 0.263 e. The minimum absolute atomic E-state index is 0.0996. The van der Waals surface area contributed by atoms with E-state index < -0.39 is 6.10 Å². The van der Waals surface area contributed by atoms with E-state index in [2.05, 4.69) is 23.5 Å². The third kappa shape index (κ3) is 4.43. The molecule has 2 heterocycles. The normalized spacial score (nSPS) is 18.8. The summed E-state index contributed by atoms with van der Waals surface area (Å²) < 4.78 is 5.89. The van der Waals surface area contributed by atoms with Crippen LogP contribution in [0.5, 0.6) is 5.75 Å². The van der Waals surface area contributed by atoms with Gasteiger partial charge in [0.2, 0.25) is 5.91 Å². The number of anilines is 1. The van der Waals surface area contributed by atoms with Crippen LogP contribution >= 0.6 is 0 Å². The number of nitrogens with one attached hydrogen (secondary N) is 2. The van der Waals surface area contributed by atoms with Crippen molar-refractivity contribution in [3.63, 3.8) is 0 Å². The van der Waals surface area contributed by atoms with Crippen LogP contribution in [0, 0.1) is 0 Å². The summed E-state index contributed by atoms with van der Waals surface area (Å²) in [5.41, 5.74) is 3.13. The molecule has 2 N–H and O–H groups in total. The maximum absolute atomic E-state index is 12.8. The number of para-hydroxylation sites is 2. The smallest absolute Gasteiger partial charge is 0.263 e. The Kier molecular flexibility index (Phi) is 5.81. The van der Waals surface area contributed by atoms with E-state index in [1.54, 1.807) is 15.9 Å². The summed E-state index contributed by atoms with van der Waals surface area (Å²) in [6.45, 7) is 5.63. The highest BCUT2D eigenvalue weighted by molar-refractivity contribution is 5.95.